The molecule has 74 heavy (non-hydrogen) atoms. The van der Waals surface area contributed by atoms with Gasteiger partial charge in [-0.25, -0.2) is 4.99 Å². The van der Waals surface area contributed by atoms with Crippen LogP contribution >= 0.6 is 0 Å². The number of nitrogens with one attached hydrogen (secondary N) is 2. The first-order valence-electron chi connectivity index (χ1n) is 25.7. The fraction of sp³-hybridized carbons (Fsp3) is 0.0580. The number of hydrogen-bond donors (Lipinski definition) is 2. The molecule has 0 radical (unpaired) electrons. The smallest absolute Gasteiger partial charge is 0.131 e. The Balaban J connectivity index is 0.984. The molecular weight excluding hydrogens is 899 g/mol. The van der Waals surface area contributed by atoms with E-state index in [0.717, 1.165) is 63.4 Å². The topological polar surface area (TPSA) is 46.3 Å². The standard InChI is InChI=1S/C69H51N5/c1-5-21-46(22-6-1)49-27-17-29-52(43-49)67-70-68(53-30-18-28-50(44-53)47-23-7-2-8-24-47)72-69(71-67)59-42-41-51(48-25-9-3-10-26-48)45-64(59)74-61-38-16-14-34-58(61)66-56(36-20-40-63(66)74)55-35-19-39-62-65(55)57-33-13-15-37-60(57)73(62)54-31-11-4-12-32-54/h1-13,15,17-45,67,69,71H,14,16H2,(H,70,72). The van der Waals surface area contributed by atoms with Crippen LogP contribution in [0.3, 0.4) is 0 Å². The molecule has 14 rings (SSSR count). The van der Waals surface area contributed by atoms with E-state index in [1.807, 2.05) is 0 Å². The van der Waals surface area contributed by atoms with Gasteiger partial charge in [0.15, 0.2) is 0 Å². The second kappa shape index (κ2) is 18.4. The zero-order valence-electron chi connectivity index (χ0n) is 40.7. The molecule has 1 aliphatic carbocycles. The lowest BCUT2D eigenvalue weighted by Gasteiger charge is -2.34. The second-order valence-corrected chi connectivity index (χ2v) is 19.4. The Morgan fingerprint density at radius 1 is 0.405 bits per heavy atom. The predicted molar refractivity (Wildman–Crippen MR) is 308 cm³/mol. The Morgan fingerprint density at radius 3 is 1.66 bits per heavy atom. The SMILES string of the molecule is C1=c2c(n(-c3cc(-c4ccccc4)ccc3C3NC(c4cccc(-c5ccccc5)c4)=NC(c4cccc(-c5ccccc5)c4)N3)c3cccc(-c4cccc5c4c4ccccc4n5-c4ccccc4)c23)=CCC1. The highest BCUT2D eigenvalue weighted by molar-refractivity contribution is 6.18. The quantitative estimate of drug-likeness (QED) is 0.151. The Kier molecular flexibility index (Phi) is 10.8. The average Bonchev–Trinajstić information content (AvgIpc) is 4.01. The van der Waals surface area contributed by atoms with Crippen molar-refractivity contribution in [1.29, 1.82) is 0 Å². The minimum absolute atomic E-state index is 0.338. The molecule has 0 fully saturated rings. The lowest BCUT2D eigenvalue weighted by Crippen LogP contribution is -2.45. The van der Waals surface area contributed by atoms with Crippen LogP contribution in [0.4, 0.5) is 0 Å². The van der Waals surface area contributed by atoms with Crippen LogP contribution in [-0.2, 0) is 0 Å². The minimum Gasteiger partial charge on any atom is -0.350 e. The Morgan fingerprint density at radius 2 is 0.946 bits per heavy atom. The van der Waals surface area contributed by atoms with Crippen molar-refractivity contribution in [2.45, 2.75) is 25.2 Å². The lowest BCUT2D eigenvalue weighted by atomic mass is 9.95. The fourth-order valence-corrected chi connectivity index (χ4v) is 11.6. The number of nitrogens with zero attached hydrogens (tertiary/aromatic N) is 3. The summed E-state index contributed by atoms with van der Waals surface area (Å²) in [4.78, 5) is 5.53. The average molecular weight is 950 g/mol. The van der Waals surface area contributed by atoms with Crippen molar-refractivity contribution < 1.29 is 0 Å². The summed E-state index contributed by atoms with van der Waals surface area (Å²) >= 11 is 0. The van der Waals surface area contributed by atoms with Gasteiger partial charge >= 0.3 is 0 Å². The summed E-state index contributed by atoms with van der Waals surface area (Å²) < 4.78 is 4.97. The van der Waals surface area contributed by atoms with Gasteiger partial charge in [0.25, 0.3) is 0 Å². The third-order valence-electron chi connectivity index (χ3n) is 15.0. The first-order chi connectivity index (χ1) is 36.7. The van der Waals surface area contributed by atoms with E-state index in [1.54, 1.807) is 0 Å². The molecule has 2 atom stereocenters. The molecule has 5 heteroatoms. The normalized spacial score (nSPS) is 15.3. The third kappa shape index (κ3) is 7.56. The van der Waals surface area contributed by atoms with Crippen LogP contribution in [0, 0.1) is 0 Å². The van der Waals surface area contributed by atoms with E-state index in [-0.39, 0.29) is 12.3 Å². The predicted octanol–water partition coefficient (Wildman–Crippen LogP) is 15.1. The Labute approximate surface area is 430 Å². The zero-order valence-corrected chi connectivity index (χ0v) is 40.7. The highest BCUT2D eigenvalue weighted by Gasteiger charge is 2.30. The summed E-state index contributed by atoms with van der Waals surface area (Å²) in [6, 6.07) is 90.0. The minimum atomic E-state index is -0.359. The molecule has 2 unspecified atom stereocenters. The zero-order chi connectivity index (χ0) is 49.0. The van der Waals surface area contributed by atoms with E-state index < -0.39 is 0 Å². The number of benzene rings is 10. The maximum Gasteiger partial charge on any atom is 0.131 e. The summed E-state index contributed by atoms with van der Waals surface area (Å²) in [5.41, 5.74) is 18.5. The van der Waals surface area contributed by atoms with Gasteiger partial charge in [-0.1, -0.05) is 212 Å². The molecule has 0 amide bonds. The van der Waals surface area contributed by atoms with Gasteiger partial charge in [0, 0.05) is 43.5 Å². The highest BCUT2D eigenvalue weighted by atomic mass is 15.3. The van der Waals surface area contributed by atoms with Crippen molar-refractivity contribution in [2.24, 2.45) is 4.99 Å². The van der Waals surface area contributed by atoms with Crippen molar-refractivity contribution in [3.63, 3.8) is 0 Å². The summed E-state index contributed by atoms with van der Waals surface area (Å²) in [6.45, 7) is 0. The number of amidine groups is 1. The first kappa shape index (κ1) is 43.5. The molecule has 10 aromatic carbocycles. The first-order valence-corrected chi connectivity index (χ1v) is 25.7. The Hall–Kier alpha value is -9.29. The van der Waals surface area contributed by atoms with Gasteiger partial charge in [0.05, 0.1) is 22.2 Å². The van der Waals surface area contributed by atoms with Crippen molar-refractivity contribution in [3.8, 4) is 55.9 Å². The lowest BCUT2D eigenvalue weighted by molar-refractivity contribution is 0.408. The van der Waals surface area contributed by atoms with Crippen LogP contribution in [0.15, 0.2) is 254 Å². The molecule has 352 valence electrons. The van der Waals surface area contributed by atoms with E-state index in [9.17, 15) is 0 Å². The number of aromatic nitrogens is 2. The number of rotatable bonds is 9. The number of aliphatic imine (C=N–C) groups is 1. The van der Waals surface area contributed by atoms with Crippen LogP contribution in [-0.4, -0.2) is 15.0 Å². The summed E-state index contributed by atoms with van der Waals surface area (Å²) in [5.74, 6) is 0.837. The van der Waals surface area contributed by atoms with Crippen LogP contribution in [0.5, 0.6) is 0 Å². The van der Waals surface area contributed by atoms with E-state index in [2.05, 4.69) is 281 Å². The maximum atomic E-state index is 5.53. The molecule has 0 saturated carbocycles. The van der Waals surface area contributed by atoms with Crippen molar-refractivity contribution in [1.82, 2.24) is 19.8 Å². The van der Waals surface area contributed by atoms with Crippen LogP contribution < -0.4 is 21.2 Å². The molecule has 0 spiro atoms. The highest BCUT2D eigenvalue weighted by Crippen LogP contribution is 2.41. The molecule has 2 aliphatic rings. The molecule has 1 aliphatic heterocycles. The second-order valence-electron chi connectivity index (χ2n) is 19.4. The summed E-state index contributed by atoms with van der Waals surface area (Å²) in [5, 5.41) is 14.3. The number of hydrogen-bond acceptors (Lipinski definition) is 3. The molecule has 2 N–H and O–H groups in total. The van der Waals surface area contributed by atoms with Gasteiger partial charge < -0.3 is 14.5 Å². The maximum absolute atomic E-state index is 5.53. The van der Waals surface area contributed by atoms with Gasteiger partial charge in [-0.15, -0.1) is 0 Å². The monoisotopic (exact) mass is 949 g/mol. The number of para-hydroxylation sites is 2. The summed E-state index contributed by atoms with van der Waals surface area (Å²) in [7, 11) is 0. The van der Waals surface area contributed by atoms with E-state index in [4.69, 9.17) is 4.99 Å². The van der Waals surface area contributed by atoms with Gasteiger partial charge in [-0.2, -0.15) is 0 Å². The van der Waals surface area contributed by atoms with Crippen molar-refractivity contribution >= 4 is 50.7 Å². The molecule has 3 heterocycles. The molecule has 0 saturated heterocycles. The van der Waals surface area contributed by atoms with Gasteiger partial charge in [-0.05, 0) is 111 Å². The van der Waals surface area contributed by atoms with E-state index in [0.29, 0.717) is 0 Å². The molecule has 0 bridgehead atoms. The molecule has 5 nitrogen and oxygen atoms in total. The van der Waals surface area contributed by atoms with Crippen LogP contribution in [0.2, 0.25) is 0 Å². The van der Waals surface area contributed by atoms with Crippen LogP contribution in [0.1, 0.15) is 41.9 Å². The van der Waals surface area contributed by atoms with Crippen molar-refractivity contribution in [3.05, 3.63) is 276 Å². The Bertz CT molecular complexity index is 4250. The molecular formula is C69H51N5. The summed E-state index contributed by atoms with van der Waals surface area (Å²) in [6.07, 6.45) is 6.18. The van der Waals surface area contributed by atoms with Gasteiger partial charge in [0.2, 0.25) is 0 Å². The largest absolute Gasteiger partial charge is 0.350 e. The fourth-order valence-electron chi connectivity index (χ4n) is 11.6. The number of fused-ring (bicyclic) bond motifs is 6. The van der Waals surface area contributed by atoms with Crippen LogP contribution in [0.25, 0.3) is 101 Å². The third-order valence-corrected chi connectivity index (χ3v) is 15.0. The van der Waals surface area contributed by atoms with Crippen molar-refractivity contribution in [2.75, 3.05) is 0 Å². The van der Waals surface area contributed by atoms with Gasteiger partial charge in [0.1, 0.15) is 18.2 Å². The molecule has 12 aromatic rings. The van der Waals surface area contributed by atoms with E-state index >= 15 is 0 Å². The van der Waals surface area contributed by atoms with E-state index in [1.165, 1.54) is 71.1 Å². The molecule has 2 aromatic heterocycles. The van der Waals surface area contributed by atoms with Gasteiger partial charge in [-0.3, -0.25) is 5.32 Å².